The third-order valence-electron chi connectivity index (χ3n) is 7.35. The van der Waals surface area contributed by atoms with Gasteiger partial charge in [0.2, 0.25) is 0 Å². The predicted molar refractivity (Wildman–Crippen MR) is 164 cm³/mol. The number of fused-ring (bicyclic) bond motifs is 1. The first-order valence-corrected chi connectivity index (χ1v) is 15.7. The zero-order chi connectivity index (χ0) is 27.5. The summed E-state index contributed by atoms with van der Waals surface area (Å²) >= 11 is 0. The van der Waals surface area contributed by atoms with Crippen LogP contribution in [0.1, 0.15) is 117 Å². The topological polar surface area (TPSA) is 48.7 Å². The lowest BCUT2D eigenvalue weighted by atomic mass is 10.1. The Morgan fingerprint density at radius 1 is 0.615 bits per heavy atom. The number of unbranched alkanes of at least 4 members (excludes halogenated alkanes) is 14. The van der Waals surface area contributed by atoms with Gasteiger partial charge in [-0.1, -0.05) is 134 Å². The molecule has 0 atom stereocenters. The van der Waals surface area contributed by atoms with Crippen LogP contribution in [0.2, 0.25) is 0 Å². The van der Waals surface area contributed by atoms with E-state index >= 15 is 0 Å². The summed E-state index contributed by atoms with van der Waals surface area (Å²) in [4.78, 5) is 13.2. The molecule has 0 bridgehead atoms. The van der Waals surface area contributed by atoms with E-state index in [1.54, 1.807) is 6.07 Å². The molecule has 3 aromatic rings. The highest BCUT2D eigenvalue weighted by atomic mass is 16.5. The minimum Gasteiger partial charge on any atom is -0.493 e. The van der Waals surface area contributed by atoms with Gasteiger partial charge in [-0.25, -0.2) is 0 Å². The van der Waals surface area contributed by atoms with Crippen LogP contribution in [0.25, 0.3) is 22.3 Å². The van der Waals surface area contributed by atoms with E-state index in [1.165, 1.54) is 77.0 Å². The van der Waals surface area contributed by atoms with Crippen LogP contribution in [-0.2, 0) is 0 Å². The molecule has 0 spiro atoms. The van der Waals surface area contributed by atoms with Gasteiger partial charge in [0.05, 0.1) is 13.2 Å². The zero-order valence-electron chi connectivity index (χ0n) is 24.5. The molecular weight excluding hydrogens is 484 g/mol. The Kier molecular flexibility index (Phi) is 14.6. The molecule has 0 unspecified atom stereocenters. The Balaban J connectivity index is 1.58. The molecular formula is C35H50O4. The molecule has 3 rings (SSSR count). The summed E-state index contributed by atoms with van der Waals surface area (Å²) in [6.45, 7) is 5.73. The maximum Gasteiger partial charge on any atom is 0.197 e. The highest BCUT2D eigenvalue weighted by Crippen LogP contribution is 2.32. The molecule has 1 heterocycles. The van der Waals surface area contributed by atoms with E-state index in [0.29, 0.717) is 41.4 Å². The van der Waals surface area contributed by atoms with Crippen molar-refractivity contribution in [3.8, 4) is 22.8 Å². The summed E-state index contributed by atoms with van der Waals surface area (Å²) in [7, 11) is 0. The second kappa shape index (κ2) is 18.5. The lowest BCUT2D eigenvalue weighted by Gasteiger charge is -2.13. The smallest absolute Gasteiger partial charge is 0.197 e. The fourth-order valence-electron chi connectivity index (χ4n) is 5.01. The standard InChI is InChI=1S/C35H50O4/c1-3-5-7-9-10-11-12-13-14-16-21-25-38-33-26-30(37-24-20-15-8-6-4-2)27-34-35(33)31(36)28-32(39-34)29-22-18-17-19-23-29/h17-19,22-23,26-28H,3-16,20-21,24-25H2,1-2H3. The molecule has 1 aromatic heterocycles. The predicted octanol–water partition coefficient (Wildman–Crippen LogP) is 10.5. The van der Waals surface area contributed by atoms with Crippen LogP contribution in [-0.4, -0.2) is 13.2 Å². The van der Waals surface area contributed by atoms with Crippen LogP contribution in [0, 0.1) is 0 Å². The fraction of sp³-hybridized carbons (Fsp3) is 0.571. The van der Waals surface area contributed by atoms with E-state index < -0.39 is 0 Å². The van der Waals surface area contributed by atoms with Gasteiger partial charge in [0, 0.05) is 23.8 Å². The number of hydrogen-bond acceptors (Lipinski definition) is 4. The molecule has 2 aromatic carbocycles. The van der Waals surface area contributed by atoms with Crippen molar-refractivity contribution in [1.82, 2.24) is 0 Å². The lowest BCUT2D eigenvalue weighted by molar-refractivity contribution is 0.291. The largest absolute Gasteiger partial charge is 0.493 e. The molecule has 0 N–H and O–H groups in total. The van der Waals surface area contributed by atoms with Crippen LogP contribution in [0.3, 0.4) is 0 Å². The highest BCUT2D eigenvalue weighted by molar-refractivity contribution is 5.86. The Bertz CT molecular complexity index is 1120. The van der Waals surface area contributed by atoms with E-state index in [4.69, 9.17) is 13.9 Å². The molecule has 0 saturated carbocycles. The first-order valence-electron chi connectivity index (χ1n) is 15.7. The van der Waals surface area contributed by atoms with Crippen molar-refractivity contribution >= 4 is 11.0 Å². The molecule has 4 heteroatoms. The molecule has 0 aliphatic heterocycles. The Hall–Kier alpha value is -2.75. The van der Waals surface area contributed by atoms with Crippen molar-refractivity contribution in [2.75, 3.05) is 13.2 Å². The maximum atomic E-state index is 13.2. The summed E-state index contributed by atoms with van der Waals surface area (Å²) in [6.07, 6.45) is 20.1. The first-order chi connectivity index (χ1) is 19.2. The van der Waals surface area contributed by atoms with Gasteiger partial charge >= 0.3 is 0 Å². The van der Waals surface area contributed by atoms with Crippen molar-refractivity contribution in [2.24, 2.45) is 0 Å². The normalized spacial score (nSPS) is 11.2. The van der Waals surface area contributed by atoms with Gasteiger partial charge in [-0.3, -0.25) is 4.79 Å². The number of hydrogen-bond donors (Lipinski definition) is 0. The Morgan fingerprint density at radius 2 is 1.15 bits per heavy atom. The van der Waals surface area contributed by atoms with Crippen LogP contribution >= 0.6 is 0 Å². The van der Waals surface area contributed by atoms with Crippen LogP contribution in [0.5, 0.6) is 11.5 Å². The van der Waals surface area contributed by atoms with E-state index in [1.807, 2.05) is 42.5 Å². The number of benzene rings is 2. The second-order valence-electron chi connectivity index (χ2n) is 10.8. The molecule has 214 valence electrons. The summed E-state index contributed by atoms with van der Waals surface area (Å²) in [5.74, 6) is 1.82. The third-order valence-corrected chi connectivity index (χ3v) is 7.35. The van der Waals surface area contributed by atoms with Crippen molar-refractivity contribution < 1.29 is 13.9 Å². The average Bonchev–Trinajstić information content (AvgIpc) is 2.95. The van der Waals surface area contributed by atoms with Crippen LogP contribution in [0.4, 0.5) is 0 Å². The van der Waals surface area contributed by atoms with Crippen molar-refractivity contribution in [2.45, 2.75) is 117 Å². The zero-order valence-corrected chi connectivity index (χ0v) is 24.5. The molecule has 0 aliphatic carbocycles. The Morgan fingerprint density at radius 3 is 1.74 bits per heavy atom. The van der Waals surface area contributed by atoms with Gasteiger partial charge in [-0.15, -0.1) is 0 Å². The van der Waals surface area contributed by atoms with Gasteiger partial charge in [0.25, 0.3) is 0 Å². The monoisotopic (exact) mass is 534 g/mol. The van der Waals surface area contributed by atoms with E-state index in [2.05, 4.69) is 13.8 Å². The molecule has 4 nitrogen and oxygen atoms in total. The SMILES string of the molecule is CCCCCCCCCCCCCOc1cc(OCCCCCCC)cc2oc(-c3ccccc3)cc(=O)c12. The molecule has 0 saturated heterocycles. The first kappa shape index (κ1) is 30.8. The third kappa shape index (κ3) is 11.1. The second-order valence-corrected chi connectivity index (χ2v) is 10.8. The molecule has 39 heavy (non-hydrogen) atoms. The lowest BCUT2D eigenvalue weighted by Crippen LogP contribution is -2.06. The summed E-state index contributed by atoms with van der Waals surface area (Å²) in [5, 5.41) is 0.494. The molecule has 0 amide bonds. The van der Waals surface area contributed by atoms with E-state index in [9.17, 15) is 4.79 Å². The maximum absolute atomic E-state index is 13.2. The van der Waals surface area contributed by atoms with E-state index in [-0.39, 0.29) is 5.43 Å². The molecule has 0 aliphatic rings. The quantitative estimate of drug-likeness (QED) is 0.128. The summed E-state index contributed by atoms with van der Waals surface area (Å²) < 4.78 is 18.5. The van der Waals surface area contributed by atoms with Crippen molar-refractivity contribution in [3.05, 3.63) is 58.8 Å². The molecule has 0 fully saturated rings. The summed E-state index contributed by atoms with van der Waals surface area (Å²) in [6, 6.07) is 15.0. The van der Waals surface area contributed by atoms with Gasteiger partial charge in [0.15, 0.2) is 5.43 Å². The molecule has 0 radical (unpaired) electrons. The highest BCUT2D eigenvalue weighted by Gasteiger charge is 2.15. The van der Waals surface area contributed by atoms with E-state index in [0.717, 1.165) is 31.2 Å². The fourth-order valence-corrected chi connectivity index (χ4v) is 5.01. The van der Waals surface area contributed by atoms with Gasteiger partial charge in [0.1, 0.15) is 28.2 Å². The number of rotatable bonds is 21. The van der Waals surface area contributed by atoms with Crippen LogP contribution < -0.4 is 14.9 Å². The Labute approximate surface area is 236 Å². The van der Waals surface area contributed by atoms with Crippen molar-refractivity contribution in [1.29, 1.82) is 0 Å². The average molecular weight is 535 g/mol. The van der Waals surface area contributed by atoms with Crippen molar-refractivity contribution in [3.63, 3.8) is 0 Å². The van der Waals surface area contributed by atoms with Gasteiger partial charge in [-0.05, 0) is 12.8 Å². The van der Waals surface area contributed by atoms with Gasteiger partial charge < -0.3 is 13.9 Å². The number of ether oxygens (including phenoxy) is 2. The minimum absolute atomic E-state index is 0.0878. The summed E-state index contributed by atoms with van der Waals surface area (Å²) in [5.41, 5.74) is 1.30. The van der Waals surface area contributed by atoms with Crippen LogP contribution in [0.15, 0.2) is 57.7 Å². The van der Waals surface area contributed by atoms with Gasteiger partial charge in [-0.2, -0.15) is 0 Å². The minimum atomic E-state index is -0.0878.